The van der Waals surface area contributed by atoms with E-state index in [9.17, 15) is 5.48 Å². The van der Waals surface area contributed by atoms with Crippen molar-refractivity contribution in [2.45, 2.75) is 0 Å². The van der Waals surface area contributed by atoms with Gasteiger partial charge in [-0.15, -0.1) is 0 Å². The van der Waals surface area contributed by atoms with Gasteiger partial charge in [-0.2, -0.15) is 0 Å². The van der Waals surface area contributed by atoms with Crippen molar-refractivity contribution in [1.29, 1.82) is 0 Å². The van der Waals surface area contributed by atoms with Crippen molar-refractivity contribution < 1.29 is 29.1 Å². The summed E-state index contributed by atoms with van der Waals surface area (Å²) in [5.41, 5.74) is 0.590. The van der Waals surface area contributed by atoms with E-state index in [2.05, 4.69) is 0 Å². The van der Waals surface area contributed by atoms with Crippen LogP contribution in [0.4, 0.5) is 0 Å². The Morgan fingerprint density at radius 3 is 1.65 bits per heavy atom. The van der Waals surface area contributed by atoms with Crippen LogP contribution in [0.25, 0.3) is 98.8 Å². The Morgan fingerprint density at radius 2 is 0.959 bits per heavy atom. The van der Waals surface area contributed by atoms with Crippen molar-refractivity contribution in [3.63, 3.8) is 0 Å². The molecule has 0 atom stereocenters. The molecule has 49 heavy (non-hydrogen) atoms. The van der Waals surface area contributed by atoms with E-state index < -0.39 is 109 Å². The fourth-order valence-electron chi connectivity index (χ4n) is 6.83. The van der Waals surface area contributed by atoms with Crippen LogP contribution < -0.4 is 0 Å². The van der Waals surface area contributed by atoms with Crippen LogP contribution >= 0.6 is 0 Å². The van der Waals surface area contributed by atoms with Crippen LogP contribution in [0.2, 0.25) is 0 Å². The molecular formula is C48H30O. The standard InChI is InChI=1S/C48H30O/c1-3-14-31(15-4-1)34-27-29-44-43(30-34)40-24-13-25-42(48(40)49-44)47-38-22-11-9-20-36(38)46(37-21-10-12-23-39(37)47)41-28-26-32-16-7-8-19-35(32)45(41)33-17-5-2-6-18-33/h1-30H/i1D,2D,3D,4D,5D,6D,9D,10D,11D,12D,14D,15D,17D,18D,20D,21D,22D,23D. The average molecular weight is 641 g/mol. The van der Waals surface area contributed by atoms with Gasteiger partial charge < -0.3 is 4.42 Å². The van der Waals surface area contributed by atoms with Crippen molar-refractivity contribution in [1.82, 2.24) is 0 Å². The predicted octanol–water partition coefficient (Wildman–Crippen LogP) is 13.7. The quantitative estimate of drug-likeness (QED) is 0.174. The highest BCUT2D eigenvalue weighted by atomic mass is 16.3. The summed E-state index contributed by atoms with van der Waals surface area (Å²) < 4.78 is 166. The maximum Gasteiger partial charge on any atom is 0.143 e. The molecule has 10 aromatic rings. The first-order chi connectivity index (χ1) is 31.8. The largest absolute Gasteiger partial charge is 0.455 e. The molecule has 10 rings (SSSR count). The molecular weight excluding hydrogens is 593 g/mol. The Bertz CT molecular complexity index is 3770. The molecule has 1 heteroatoms. The van der Waals surface area contributed by atoms with Crippen LogP contribution in [0, 0.1) is 0 Å². The van der Waals surface area contributed by atoms with Crippen LogP contribution in [-0.4, -0.2) is 0 Å². The third kappa shape index (κ3) is 4.33. The van der Waals surface area contributed by atoms with Crippen LogP contribution in [0.1, 0.15) is 24.7 Å². The van der Waals surface area contributed by atoms with Gasteiger partial charge in [-0.25, -0.2) is 0 Å². The van der Waals surface area contributed by atoms with Crippen LogP contribution in [-0.2, 0) is 0 Å². The van der Waals surface area contributed by atoms with E-state index >= 15 is 0 Å². The number of para-hydroxylation sites is 1. The van der Waals surface area contributed by atoms with E-state index in [0.717, 1.165) is 0 Å². The second kappa shape index (κ2) is 11.1. The number of benzene rings is 9. The predicted molar refractivity (Wildman–Crippen MR) is 208 cm³/mol. The van der Waals surface area contributed by atoms with Crippen molar-refractivity contribution in [3.8, 4) is 44.5 Å². The molecule has 1 aromatic heterocycles. The molecule has 0 amide bonds. The van der Waals surface area contributed by atoms with Crippen molar-refractivity contribution in [2.75, 3.05) is 0 Å². The summed E-state index contributed by atoms with van der Waals surface area (Å²) in [6.45, 7) is 0. The number of fused-ring (bicyclic) bond motifs is 6. The van der Waals surface area contributed by atoms with Crippen LogP contribution in [0.3, 0.4) is 0 Å². The number of hydrogen-bond acceptors (Lipinski definition) is 1. The first-order valence-corrected chi connectivity index (χ1v) is 15.4. The van der Waals surface area contributed by atoms with Gasteiger partial charge in [0.25, 0.3) is 0 Å². The molecule has 0 radical (unpaired) electrons. The molecule has 228 valence electrons. The third-order valence-electron chi connectivity index (χ3n) is 8.88. The summed E-state index contributed by atoms with van der Waals surface area (Å²) in [4.78, 5) is 0. The van der Waals surface area contributed by atoms with Gasteiger partial charge in [-0.05, 0) is 77.8 Å². The molecule has 0 aliphatic rings. The highest BCUT2D eigenvalue weighted by Gasteiger charge is 2.22. The zero-order valence-corrected chi connectivity index (χ0v) is 25.3. The summed E-state index contributed by atoms with van der Waals surface area (Å²) >= 11 is 0. The molecule has 9 aromatic carbocycles. The van der Waals surface area contributed by atoms with Crippen molar-refractivity contribution in [3.05, 3.63) is 182 Å². The van der Waals surface area contributed by atoms with Gasteiger partial charge in [0.2, 0.25) is 0 Å². The Kier molecular flexibility index (Phi) is 3.43. The lowest BCUT2D eigenvalue weighted by Crippen LogP contribution is -1.93. The maximum atomic E-state index is 9.59. The average Bonchev–Trinajstić information content (AvgIpc) is 3.71. The van der Waals surface area contributed by atoms with Crippen LogP contribution in [0.5, 0.6) is 0 Å². The molecule has 1 heterocycles. The monoisotopic (exact) mass is 640 g/mol. The molecule has 1 nitrogen and oxygen atoms in total. The van der Waals surface area contributed by atoms with E-state index in [-0.39, 0.29) is 77.2 Å². The summed E-state index contributed by atoms with van der Waals surface area (Å²) in [6, 6.07) is 9.30. The summed E-state index contributed by atoms with van der Waals surface area (Å²) in [6.07, 6.45) is 0. The molecule has 0 aliphatic carbocycles. The smallest absolute Gasteiger partial charge is 0.143 e. The number of furan rings is 1. The van der Waals surface area contributed by atoms with Crippen molar-refractivity contribution in [2.24, 2.45) is 0 Å². The zero-order chi connectivity index (χ0) is 48.0. The van der Waals surface area contributed by atoms with Gasteiger partial charge in [0.15, 0.2) is 0 Å². The van der Waals surface area contributed by atoms with Crippen LogP contribution in [0.15, 0.2) is 186 Å². The first kappa shape index (κ1) is 15.2. The van der Waals surface area contributed by atoms with Gasteiger partial charge in [-0.3, -0.25) is 0 Å². The third-order valence-corrected chi connectivity index (χ3v) is 8.88. The van der Waals surface area contributed by atoms with Gasteiger partial charge >= 0.3 is 0 Å². The maximum absolute atomic E-state index is 9.59. The molecule has 0 fully saturated rings. The highest BCUT2D eigenvalue weighted by molar-refractivity contribution is 6.26. The van der Waals surface area contributed by atoms with E-state index in [1.54, 1.807) is 72.8 Å². The molecule has 0 spiro atoms. The summed E-state index contributed by atoms with van der Waals surface area (Å²) in [5, 5.41) is 1.14. The Morgan fingerprint density at radius 1 is 0.367 bits per heavy atom. The van der Waals surface area contributed by atoms with Gasteiger partial charge in [-0.1, -0.05) is 169 Å². The highest BCUT2D eigenvalue weighted by Crippen LogP contribution is 2.49. The molecule has 0 aliphatic heterocycles. The van der Waals surface area contributed by atoms with E-state index in [0.29, 0.717) is 21.5 Å². The molecule has 0 saturated carbocycles. The SMILES string of the molecule is [2H]c1c([2H])c([2H])c(-c2ccc3oc4c(-c5c6c([2H])c([2H])c([2H])c([2H])c6c(-c6ccc7ccccc7c6-c6c([2H])c([2H])c([2H])c([2H])c6[2H])c6c([2H])c([2H])c([2H])c([2H])c56)cccc4c3c2)c([2H])c1[2H]. The molecule has 0 unspecified atom stereocenters. The second-order valence-electron chi connectivity index (χ2n) is 11.5. The second-order valence-corrected chi connectivity index (χ2v) is 11.5. The van der Waals surface area contributed by atoms with Gasteiger partial charge in [0, 0.05) is 21.9 Å². The minimum Gasteiger partial charge on any atom is -0.455 e. The topological polar surface area (TPSA) is 13.1 Å². The number of hydrogen-bond donors (Lipinski definition) is 0. The fourth-order valence-corrected chi connectivity index (χ4v) is 6.83. The van der Waals surface area contributed by atoms with Crippen molar-refractivity contribution >= 4 is 54.3 Å². The minimum absolute atomic E-state index is 0.0339. The van der Waals surface area contributed by atoms with E-state index in [1.807, 2.05) is 0 Å². The minimum atomic E-state index is -0.669. The summed E-state index contributed by atoms with van der Waals surface area (Å²) in [7, 11) is 0. The van der Waals surface area contributed by atoms with E-state index in [4.69, 9.17) is 23.6 Å². The fraction of sp³-hybridized carbons (Fsp3) is 0. The van der Waals surface area contributed by atoms with Gasteiger partial charge in [0.05, 0.1) is 24.7 Å². The summed E-state index contributed by atoms with van der Waals surface area (Å²) in [5.74, 6) is 0. The van der Waals surface area contributed by atoms with Gasteiger partial charge in [0.1, 0.15) is 11.2 Å². The molecule has 0 saturated heterocycles. The zero-order valence-electron chi connectivity index (χ0n) is 43.3. The lowest BCUT2D eigenvalue weighted by atomic mass is 9.82. The lowest BCUT2D eigenvalue weighted by Gasteiger charge is -2.21. The Balaban J connectivity index is 1.42. The first-order valence-electron chi connectivity index (χ1n) is 24.4. The lowest BCUT2D eigenvalue weighted by molar-refractivity contribution is 0.670. The molecule has 0 bridgehead atoms. The Hall–Kier alpha value is -6.44. The normalized spacial score (nSPS) is 16.8. The van der Waals surface area contributed by atoms with E-state index in [1.165, 1.54) is 0 Å². The Labute approximate surface area is 309 Å². The number of rotatable bonds is 4. The molecule has 0 N–H and O–H groups in total.